The Bertz CT molecular complexity index is 494. The summed E-state index contributed by atoms with van der Waals surface area (Å²) in [6.45, 7) is 1.74. The maximum Gasteiger partial charge on any atom is 0.317 e. The first-order valence-corrected chi connectivity index (χ1v) is 8.94. The molecule has 0 radical (unpaired) electrons. The maximum absolute atomic E-state index is 10.8. The Morgan fingerprint density at radius 2 is 2.14 bits per heavy atom. The zero-order valence-electron chi connectivity index (χ0n) is 12.5. The van der Waals surface area contributed by atoms with Gasteiger partial charge in [-0.2, -0.15) is 0 Å². The van der Waals surface area contributed by atoms with Crippen molar-refractivity contribution in [2.45, 2.75) is 57.9 Å². The van der Waals surface area contributed by atoms with Crippen molar-refractivity contribution in [3.05, 3.63) is 15.6 Å². The molecule has 1 aliphatic heterocycles. The number of rotatable bonds is 5. The number of carboxylic acid groups (broad SMARTS) is 1. The largest absolute Gasteiger partial charge is 0.480 e. The van der Waals surface area contributed by atoms with Gasteiger partial charge in [-0.15, -0.1) is 11.3 Å². The highest BCUT2D eigenvalue weighted by Crippen LogP contribution is 2.30. The van der Waals surface area contributed by atoms with Gasteiger partial charge in [0.25, 0.3) is 0 Å². The molecule has 0 aromatic carbocycles. The van der Waals surface area contributed by atoms with E-state index < -0.39 is 5.97 Å². The van der Waals surface area contributed by atoms with E-state index in [4.69, 9.17) is 10.1 Å². The van der Waals surface area contributed by atoms with Gasteiger partial charge in [0.05, 0.1) is 17.2 Å². The number of aliphatic carboxylic acids is 1. The Kier molecular flexibility index (Phi) is 4.91. The highest BCUT2D eigenvalue weighted by atomic mass is 32.1. The van der Waals surface area contributed by atoms with Crippen LogP contribution in [0.15, 0.2) is 0 Å². The molecule has 4 nitrogen and oxygen atoms in total. The van der Waals surface area contributed by atoms with Crippen LogP contribution < -0.4 is 0 Å². The summed E-state index contributed by atoms with van der Waals surface area (Å²) in [6.07, 6.45) is 10.3. The summed E-state index contributed by atoms with van der Waals surface area (Å²) in [6, 6.07) is 0. The van der Waals surface area contributed by atoms with Crippen LogP contribution in [0, 0.1) is 5.92 Å². The van der Waals surface area contributed by atoms with E-state index in [1.807, 2.05) is 16.2 Å². The van der Waals surface area contributed by atoms with Crippen molar-refractivity contribution in [1.29, 1.82) is 0 Å². The molecule has 2 heterocycles. The third-order valence-corrected chi connectivity index (χ3v) is 5.85. The van der Waals surface area contributed by atoms with Crippen molar-refractivity contribution < 1.29 is 9.90 Å². The number of aryl methyl sites for hydroxylation is 1. The molecule has 1 fully saturated rings. The zero-order chi connectivity index (χ0) is 14.7. The van der Waals surface area contributed by atoms with Crippen molar-refractivity contribution in [1.82, 2.24) is 9.88 Å². The Labute approximate surface area is 130 Å². The smallest absolute Gasteiger partial charge is 0.317 e. The van der Waals surface area contributed by atoms with Gasteiger partial charge in [0.2, 0.25) is 0 Å². The number of hydrogen-bond acceptors (Lipinski definition) is 4. The molecule has 0 saturated heterocycles. The number of carboxylic acids is 1. The van der Waals surface area contributed by atoms with E-state index in [0.717, 1.165) is 31.8 Å². The van der Waals surface area contributed by atoms with Crippen molar-refractivity contribution >= 4 is 17.3 Å². The minimum atomic E-state index is -0.736. The van der Waals surface area contributed by atoms with Gasteiger partial charge in [0.15, 0.2) is 0 Å². The summed E-state index contributed by atoms with van der Waals surface area (Å²) in [4.78, 5) is 18.9. The van der Waals surface area contributed by atoms with Gasteiger partial charge < -0.3 is 5.11 Å². The molecular weight excluding hydrogens is 284 g/mol. The first-order chi connectivity index (χ1) is 10.2. The minimum absolute atomic E-state index is 0.148. The minimum Gasteiger partial charge on any atom is -0.480 e. The lowest BCUT2D eigenvalue weighted by atomic mass is 9.86. The number of hydrogen-bond donors (Lipinski definition) is 1. The summed E-state index contributed by atoms with van der Waals surface area (Å²) in [7, 11) is 0. The molecule has 3 rings (SSSR count). The highest BCUT2D eigenvalue weighted by molar-refractivity contribution is 7.11. The second-order valence-corrected chi connectivity index (χ2v) is 7.54. The Morgan fingerprint density at radius 1 is 1.33 bits per heavy atom. The van der Waals surface area contributed by atoms with Gasteiger partial charge in [-0.25, -0.2) is 4.98 Å². The topological polar surface area (TPSA) is 53.4 Å². The molecule has 21 heavy (non-hydrogen) atoms. The molecule has 0 atom stereocenters. The molecule has 2 aliphatic rings. The first kappa shape index (κ1) is 15.0. The quantitative estimate of drug-likeness (QED) is 0.908. The monoisotopic (exact) mass is 308 g/mol. The van der Waals surface area contributed by atoms with E-state index in [-0.39, 0.29) is 6.54 Å². The molecule has 116 valence electrons. The first-order valence-electron chi connectivity index (χ1n) is 8.12. The summed E-state index contributed by atoms with van der Waals surface area (Å²) >= 11 is 1.81. The molecule has 1 N–H and O–H groups in total. The number of carbonyl (C=O) groups is 1. The standard InChI is InChI=1S/C16H24N2O2S/c19-16(20)11-18-9-8-13-14(10-18)21-15(17-13)7-6-12-4-2-1-3-5-12/h12H,1-11H2,(H,19,20). The van der Waals surface area contributed by atoms with Gasteiger partial charge in [0.1, 0.15) is 0 Å². The molecule has 1 aromatic heterocycles. The maximum atomic E-state index is 10.8. The van der Waals surface area contributed by atoms with Crippen LogP contribution in [0.2, 0.25) is 0 Å². The number of thiazole rings is 1. The number of nitrogens with zero attached hydrogens (tertiary/aromatic N) is 2. The normalized spacial score (nSPS) is 20.4. The van der Waals surface area contributed by atoms with Crippen molar-refractivity contribution in [2.24, 2.45) is 5.92 Å². The lowest BCUT2D eigenvalue weighted by Gasteiger charge is -2.23. The third-order valence-electron chi connectivity index (χ3n) is 4.70. The van der Waals surface area contributed by atoms with Gasteiger partial charge in [-0.05, 0) is 18.8 Å². The molecule has 5 heteroatoms. The second-order valence-electron chi connectivity index (χ2n) is 6.37. The van der Waals surface area contributed by atoms with Crippen LogP contribution in [-0.4, -0.2) is 34.0 Å². The van der Waals surface area contributed by atoms with Crippen LogP contribution in [0.5, 0.6) is 0 Å². The average molecular weight is 308 g/mol. The Morgan fingerprint density at radius 3 is 2.90 bits per heavy atom. The van der Waals surface area contributed by atoms with Crippen LogP contribution in [0.1, 0.15) is 54.1 Å². The second kappa shape index (κ2) is 6.88. The van der Waals surface area contributed by atoms with Crippen LogP contribution >= 0.6 is 11.3 Å². The van der Waals surface area contributed by atoms with E-state index in [1.54, 1.807) is 0 Å². The summed E-state index contributed by atoms with van der Waals surface area (Å²) < 4.78 is 0. The van der Waals surface area contributed by atoms with Crippen LogP contribution in [0.4, 0.5) is 0 Å². The molecule has 1 aromatic rings. The number of fused-ring (bicyclic) bond motifs is 1. The van der Waals surface area contributed by atoms with Gasteiger partial charge >= 0.3 is 5.97 Å². The van der Waals surface area contributed by atoms with Gasteiger partial charge in [-0.1, -0.05) is 32.1 Å². The van der Waals surface area contributed by atoms with E-state index in [9.17, 15) is 4.79 Å². The fourth-order valence-corrected chi connectivity index (χ4v) is 4.71. The number of aromatic nitrogens is 1. The van der Waals surface area contributed by atoms with Crippen molar-refractivity contribution in [3.8, 4) is 0 Å². The lowest BCUT2D eigenvalue weighted by molar-refractivity contribution is -0.138. The lowest BCUT2D eigenvalue weighted by Crippen LogP contribution is -2.34. The van der Waals surface area contributed by atoms with Crippen LogP contribution in [0.3, 0.4) is 0 Å². The van der Waals surface area contributed by atoms with E-state index in [1.165, 1.54) is 54.1 Å². The molecule has 1 aliphatic carbocycles. The molecule has 0 amide bonds. The van der Waals surface area contributed by atoms with E-state index in [0.29, 0.717) is 0 Å². The molecular formula is C16H24N2O2S. The summed E-state index contributed by atoms with van der Waals surface area (Å²) in [5, 5.41) is 10.2. The molecule has 1 saturated carbocycles. The zero-order valence-corrected chi connectivity index (χ0v) is 13.3. The highest BCUT2D eigenvalue weighted by Gasteiger charge is 2.22. The van der Waals surface area contributed by atoms with E-state index in [2.05, 4.69) is 0 Å². The molecule has 0 spiro atoms. The van der Waals surface area contributed by atoms with Crippen molar-refractivity contribution in [2.75, 3.05) is 13.1 Å². The fourth-order valence-electron chi connectivity index (χ4n) is 3.54. The van der Waals surface area contributed by atoms with Crippen LogP contribution in [0.25, 0.3) is 0 Å². The summed E-state index contributed by atoms with van der Waals surface area (Å²) in [5.41, 5.74) is 1.22. The molecule has 0 unspecified atom stereocenters. The third kappa shape index (κ3) is 4.04. The van der Waals surface area contributed by atoms with Crippen LogP contribution in [-0.2, 0) is 24.2 Å². The fraction of sp³-hybridized carbons (Fsp3) is 0.750. The van der Waals surface area contributed by atoms with Crippen molar-refractivity contribution in [3.63, 3.8) is 0 Å². The Balaban J connectivity index is 1.54. The predicted octanol–water partition coefficient (Wildman–Crippen LogP) is 3.10. The Hall–Kier alpha value is -0.940. The van der Waals surface area contributed by atoms with E-state index >= 15 is 0 Å². The van der Waals surface area contributed by atoms with Gasteiger partial charge in [0, 0.05) is 24.4 Å². The average Bonchev–Trinajstić information content (AvgIpc) is 2.88. The predicted molar refractivity (Wildman–Crippen MR) is 83.6 cm³/mol. The van der Waals surface area contributed by atoms with Gasteiger partial charge in [-0.3, -0.25) is 9.69 Å². The SMILES string of the molecule is O=C(O)CN1CCc2nc(CCC3CCCCC3)sc2C1. The molecule has 0 bridgehead atoms. The summed E-state index contributed by atoms with van der Waals surface area (Å²) in [5.74, 6) is 0.170.